The van der Waals surface area contributed by atoms with Gasteiger partial charge in [-0.3, -0.25) is 19.9 Å². The van der Waals surface area contributed by atoms with E-state index in [4.69, 9.17) is 0 Å². The standard InChI is InChI=1S/C38H24N2.C10H13N.C9H11N.C2H6/c1-2-22-40-36(3-1)29-10-8-28(9-11-29)33-17-13-31-14-18-34-32(16-12-30-15-19-35(33)38(31)37(30)34)27-6-4-25(5-7-27)26-20-23-39-24-21-26;1-5-8-10(6-2)9(4)11-7-3;1-3-8(2)9-6-4-5-7-10-9;1-2/h1-24H;5-8H,1-3H2,4H3;3-7H,1-2H3;1-2H3/b;10-8+,11-9?;8-3+;. The number of hydrogen-bond acceptors (Lipinski definition) is 4. The molecule has 6 aromatic carbocycles. The van der Waals surface area contributed by atoms with E-state index in [9.17, 15) is 0 Å². The smallest absolute Gasteiger partial charge is 0.0701 e. The highest BCUT2D eigenvalue weighted by atomic mass is 14.7. The molecule has 4 nitrogen and oxygen atoms in total. The summed E-state index contributed by atoms with van der Waals surface area (Å²) in [5, 5.41) is 7.77. The normalized spacial score (nSPS) is 11.4. The van der Waals surface area contributed by atoms with Gasteiger partial charge < -0.3 is 0 Å². The molecular formula is C59H54N4. The quantitative estimate of drug-likeness (QED) is 0.0828. The SMILES string of the molecule is C/C=C(\C)c1ccccn1.C=C/C=C(\C=C)C(C)=NC=C.CC.c1ccc(-c2ccc(-c3ccc4ccc5c(-c6ccc(-c7ccncc7)cc6)ccc6ccc3c4c65)cc2)nc1. The van der Waals surface area contributed by atoms with E-state index >= 15 is 0 Å². The van der Waals surface area contributed by atoms with Crippen molar-refractivity contribution in [3.05, 3.63) is 232 Å². The summed E-state index contributed by atoms with van der Waals surface area (Å²) < 4.78 is 0. The molecule has 0 radical (unpaired) electrons. The van der Waals surface area contributed by atoms with Crippen molar-refractivity contribution >= 4 is 43.6 Å². The topological polar surface area (TPSA) is 51.0 Å². The molecule has 0 fully saturated rings. The molecule has 0 amide bonds. The van der Waals surface area contributed by atoms with Crippen molar-refractivity contribution in [2.45, 2.75) is 34.6 Å². The van der Waals surface area contributed by atoms with Crippen LogP contribution in [0.1, 0.15) is 40.3 Å². The molecule has 3 aromatic heterocycles. The van der Waals surface area contributed by atoms with Gasteiger partial charge >= 0.3 is 0 Å². The third kappa shape index (κ3) is 10.6. The molecule has 0 spiro atoms. The first-order valence-corrected chi connectivity index (χ1v) is 21.3. The summed E-state index contributed by atoms with van der Waals surface area (Å²) in [7, 11) is 0. The Morgan fingerprint density at radius 3 is 1.51 bits per heavy atom. The van der Waals surface area contributed by atoms with Crippen molar-refractivity contribution in [2.75, 3.05) is 0 Å². The average molecular weight is 819 g/mol. The van der Waals surface area contributed by atoms with E-state index in [-0.39, 0.29) is 0 Å². The molecule has 0 unspecified atom stereocenters. The summed E-state index contributed by atoms with van der Waals surface area (Å²) in [4.78, 5) is 16.8. The van der Waals surface area contributed by atoms with Gasteiger partial charge in [0.25, 0.3) is 0 Å². The van der Waals surface area contributed by atoms with Crippen molar-refractivity contribution < 1.29 is 0 Å². The summed E-state index contributed by atoms with van der Waals surface area (Å²) in [6.07, 6.45) is 16.2. The van der Waals surface area contributed by atoms with Crippen LogP contribution in [-0.2, 0) is 0 Å². The van der Waals surface area contributed by atoms with Crippen molar-refractivity contribution in [3.8, 4) is 44.6 Å². The fourth-order valence-corrected chi connectivity index (χ4v) is 7.46. The Bertz CT molecular complexity index is 2840. The van der Waals surface area contributed by atoms with Gasteiger partial charge in [-0.05, 0) is 134 Å². The lowest BCUT2D eigenvalue weighted by Crippen LogP contribution is -1.92. The minimum Gasteiger partial charge on any atom is -0.265 e. The van der Waals surface area contributed by atoms with E-state index in [2.05, 4.69) is 168 Å². The minimum absolute atomic E-state index is 0.898. The second-order valence-corrected chi connectivity index (χ2v) is 14.4. The molecular weight excluding hydrogens is 765 g/mol. The second-order valence-electron chi connectivity index (χ2n) is 14.4. The molecule has 4 heteroatoms. The highest BCUT2D eigenvalue weighted by Crippen LogP contribution is 2.42. The monoisotopic (exact) mass is 818 g/mol. The van der Waals surface area contributed by atoms with Gasteiger partial charge in [-0.25, -0.2) is 0 Å². The zero-order chi connectivity index (χ0) is 44.6. The summed E-state index contributed by atoms with van der Waals surface area (Å²) in [6, 6.07) is 51.9. The molecule has 9 aromatic rings. The van der Waals surface area contributed by atoms with Crippen molar-refractivity contribution in [2.24, 2.45) is 4.99 Å². The zero-order valence-electron chi connectivity index (χ0n) is 37.0. The number of aromatic nitrogens is 3. The van der Waals surface area contributed by atoms with Gasteiger partial charge in [0.15, 0.2) is 0 Å². The van der Waals surface area contributed by atoms with E-state index in [0.717, 1.165) is 28.2 Å². The van der Waals surface area contributed by atoms with Gasteiger partial charge in [0.1, 0.15) is 0 Å². The first kappa shape index (κ1) is 44.7. The third-order valence-electron chi connectivity index (χ3n) is 10.8. The Hall–Kier alpha value is -7.82. The number of pyridine rings is 3. The molecule has 3 heterocycles. The van der Waals surface area contributed by atoms with Gasteiger partial charge in [-0.15, -0.1) is 0 Å². The van der Waals surface area contributed by atoms with Crippen LogP contribution in [0.4, 0.5) is 0 Å². The maximum Gasteiger partial charge on any atom is 0.0701 e. The number of rotatable bonds is 9. The fraction of sp³-hybridized carbons (Fsp3) is 0.0847. The van der Waals surface area contributed by atoms with E-state index in [1.807, 2.05) is 88.9 Å². The molecule has 0 saturated carbocycles. The summed E-state index contributed by atoms with van der Waals surface area (Å²) in [5.41, 5.74) is 13.6. The minimum atomic E-state index is 0.898. The van der Waals surface area contributed by atoms with Crippen LogP contribution in [0.25, 0.3) is 82.5 Å². The molecule has 0 aliphatic rings. The maximum absolute atomic E-state index is 4.51. The van der Waals surface area contributed by atoms with Crippen LogP contribution in [0, 0.1) is 0 Å². The first-order valence-electron chi connectivity index (χ1n) is 21.3. The van der Waals surface area contributed by atoms with Crippen molar-refractivity contribution in [3.63, 3.8) is 0 Å². The lowest BCUT2D eigenvalue weighted by Gasteiger charge is -2.17. The molecule has 0 N–H and O–H groups in total. The van der Waals surface area contributed by atoms with Crippen LogP contribution in [0.2, 0.25) is 0 Å². The van der Waals surface area contributed by atoms with Crippen LogP contribution >= 0.6 is 0 Å². The van der Waals surface area contributed by atoms with Gasteiger partial charge in [-0.2, -0.15) is 0 Å². The highest BCUT2D eigenvalue weighted by Gasteiger charge is 2.15. The molecule has 0 saturated heterocycles. The van der Waals surface area contributed by atoms with E-state index < -0.39 is 0 Å². The molecule has 310 valence electrons. The number of hydrogen-bond donors (Lipinski definition) is 0. The number of benzene rings is 6. The van der Waals surface area contributed by atoms with Crippen molar-refractivity contribution in [1.29, 1.82) is 0 Å². The number of nitrogens with zero attached hydrogens (tertiary/aromatic N) is 4. The van der Waals surface area contributed by atoms with Gasteiger partial charge in [-0.1, -0.05) is 167 Å². The lowest BCUT2D eigenvalue weighted by atomic mass is 9.87. The Kier molecular flexibility index (Phi) is 15.7. The summed E-state index contributed by atoms with van der Waals surface area (Å²) in [6.45, 7) is 20.7. The largest absolute Gasteiger partial charge is 0.265 e. The summed E-state index contributed by atoms with van der Waals surface area (Å²) >= 11 is 0. The van der Waals surface area contributed by atoms with Crippen molar-refractivity contribution in [1.82, 2.24) is 15.0 Å². The van der Waals surface area contributed by atoms with Crippen LogP contribution < -0.4 is 0 Å². The van der Waals surface area contributed by atoms with Gasteiger partial charge in [0.05, 0.1) is 11.4 Å². The van der Waals surface area contributed by atoms with E-state index in [0.29, 0.717) is 0 Å². The van der Waals surface area contributed by atoms with Crippen LogP contribution in [0.15, 0.2) is 231 Å². The van der Waals surface area contributed by atoms with E-state index in [1.165, 1.54) is 77.5 Å². The molecule has 63 heavy (non-hydrogen) atoms. The van der Waals surface area contributed by atoms with Crippen LogP contribution in [0.3, 0.4) is 0 Å². The Labute approximate surface area is 373 Å². The zero-order valence-corrected chi connectivity index (χ0v) is 37.0. The van der Waals surface area contributed by atoms with E-state index in [1.54, 1.807) is 12.2 Å². The highest BCUT2D eigenvalue weighted by molar-refractivity contribution is 6.27. The third-order valence-corrected chi connectivity index (χ3v) is 10.8. The van der Waals surface area contributed by atoms with Gasteiger partial charge in [0.2, 0.25) is 0 Å². The molecule has 0 aliphatic heterocycles. The summed E-state index contributed by atoms with van der Waals surface area (Å²) in [5.74, 6) is 0. The number of allylic oxidation sites excluding steroid dienone is 6. The lowest BCUT2D eigenvalue weighted by molar-refractivity contribution is 1.26. The van der Waals surface area contributed by atoms with Crippen LogP contribution in [0.5, 0.6) is 0 Å². The maximum atomic E-state index is 4.51. The fourth-order valence-electron chi connectivity index (χ4n) is 7.46. The second kappa shape index (κ2) is 22.1. The molecule has 0 atom stereocenters. The molecule has 0 bridgehead atoms. The number of aliphatic imine (C=N–C) groups is 1. The Balaban J connectivity index is 0.000000237. The van der Waals surface area contributed by atoms with Crippen LogP contribution in [-0.4, -0.2) is 20.7 Å². The average Bonchev–Trinajstić information content (AvgIpc) is 3.36. The molecule has 0 aliphatic carbocycles. The Morgan fingerprint density at radius 1 is 0.524 bits per heavy atom. The Morgan fingerprint density at radius 2 is 1.03 bits per heavy atom. The first-order chi connectivity index (χ1) is 30.9. The predicted octanol–water partition coefficient (Wildman–Crippen LogP) is 16.5. The molecule has 9 rings (SSSR count). The van der Waals surface area contributed by atoms with Gasteiger partial charge in [0, 0.05) is 42.3 Å². The predicted molar refractivity (Wildman–Crippen MR) is 274 cm³/mol.